The number of benzene rings is 1. The van der Waals surface area contributed by atoms with E-state index in [2.05, 4.69) is 42.8 Å². The predicted molar refractivity (Wildman–Crippen MR) is 88.3 cm³/mol. The van der Waals surface area contributed by atoms with Crippen molar-refractivity contribution in [2.75, 3.05) is 0 Å². The summed E-state index contributed by atoms with van der Waals surface area (Å²) in [7, 11) is 0. The molecule has 2 atom stereocenters. The van der Waals surface area contributed by atoms with Crippen molar-refractivity contribution in [2.45, 2.75) is 64.5 Å². The molecule has 1 aliphatic carbocycles. The summed E-state index contributed by atoms with van der Waals surface area (Å²) in [5, 5.41) is 6.11. The highest BCUT2D eigenvalue weighted by molar-refractivity contribution is 5.82. The van der Waals surface area contributed by atoms with E-state index in [9.17, 15) is 0 Å². The molecule has 2 aromatic rings. The van der Waals surface area contributed by atoms with Crippen molar-refractivity contribution < 1.29 is 0 Å². The molecule has 3 rings (SSSR count). The van der Waals surface area contributed by atoms with Crippen molar-refractivity contribution in [1.29, 1.82) is 0 Å². The Balaban J connectivity index is 1.90. The molecule has 1 aromatic carbocycles. The summed E-state index contributed by atoms with van der Waals surface area (Å²) in [6.45, 7) is 5.41. The van der Waals surface area contributed by atoms with Crippen molar-refractivity contribution >= 4 is 10.9 Å². The summed E-state index contributed by atoms with van der Waals surface area (Å²) in [6.07, 6.45) is 7.00. The molecule has 1 aromatic heterocycles. The predicted octanol–water partition coefficient (Wildman–Crippen LogP) is 3.90. The Kier molecular flexibility index (Phi) is 4.03. The quantitative estimate of drug-likeness (QED) is 0.869. The van der Waals surface area contributed by atoms with E-state index in [1.807, 2.05) is 0 Å². The third-order valence-electron chi connectivity index (χ3n) is 5.06. The molecule has 0 aliphatic heterocycles. The van der Waals surface area contributed by atoms with Crippen molar-refractivity contribution in [3.63, 3.8) is 0 Å². The molecule has 0 saturated heterocycles. The van der Waals surface area contributed by atoms with Gasteiger partial charge in [0.2, 0.25) is 0 Å². The molecule has 0 spiro atoms. The van der Waals surface area contributed by atoms with Gasteiger partial charge in [0.05, 0.1) is 11.2 Å². The van der Waals surface area contributed by atoms with E-state index in [0.29, 0.717) is 0 Å². The number of hydrogen-bond acceptors (Lipinski definition) is 2. The minimum absolute atomic E-state index is 0.0690. The van der Waals surface area contributed by atoms with Gasteiger partial charge in [0.1, 0.15) is 0 Å². The number of rotatable bonds is 3. The molecule has 1 fully saturated rings. The maximum atomic E-state index is 6.75. The topological polar surface area (TPSA) is 43.8 Å². The first-order chi connectivity index (χ1) is 10.1. The molecule has 3 nitrogen and oxygen atoms in total. The molecular weight excluding hydrogens is 258 g/mol. The van der Waals surface area contributed by atoms with Gasteiger partial charge in [-0.15, -0.1) is 0 Å². The number of hydrogen-bond donors (Lipinski definition) is 1. The zero-order valence-electron chi connectivity index (χ0n) is 13.3. The molecule has 1 aliphatic rings. The molecule has 0 radical (unpaired) electrons. The Morgan fingerprint density at radius 1 is 1.29 bits per heavy atom. The highest BCUT2D eigenvalue weighted by Crippen LogP contribution is 2.32. The van der Waals surface area contributed by atoms with Gasteiger partial charge in [-0.25, -0.2) is 0 Å². The average molecular weight is 285 g/mol. The van der Waals surface area contributed by atoms with Gasteiger partial charge in [-0.3, -0.25) is 4.68 Å². The minimum atomic E-state index is -0.0690. The van der Waals surface area contributed by atoms with Crippen LogP contribution in [-0.2, 0) is 13.0 Å². The lowest BCUT2D eigenvalue weighted by molar-refractivity contribution is 0.359. The highest BCUT2D eigenvalue weighted by atomic mass is 15.3. The van der Waals surface area contributed by atoms with Crippen LogP contribution in [0.3, 0.4) is 0 Å². The van der Waals surface area contributed by atoms with E-state index >= 15 is 0 Å². The van der Waals surface area contributed by atoms with Gasteiger partial charge in [0, 0.05) is 23.9 Å². The highest BCUT2D eigenvalue weighted by Gasteiger charge is 2.30. The number of para-hydroxylation sites is 1. The molecule has 1 heterocycles. The second-order valence-electron chi connectivity index (χ2n) is 6.85. The van der Waals surface area contributed by atoms with Crippen molar-refractivity contribution in [3.8, 4) is 0 Å². The fraction of sp³-hybridized carbons (Fsp3) is 0.611. The van der Waals surface area contributed by atoms with E-state index in [1.165, 1.54) is 35.9 Å². The first kappa shape index (κ1) is 14.6. The van der Waals surface area contributed by atoms with Crippen LogP contribution in [-0.4, -0.2) is 15.3 Å². The zero-order chi connectivity index (χ0) is 14.9. The summed E-state index contributed by atoms with van der Waals surface area (Å²) in [5.74, 6) is 0.820. The normalized spacial score (nSPS) is 26.9. The van der Waals surface area contributed by atoms with Crippen LogP contribution in [0.25, 0.3) is 10.9 Å². The Labute approximate surface area is 127 Å². The molecule has 0 amide bonds. The van der Waals surface area contributed by atoms with Crippen molar-refractivity contribution in [3.05, 3.63) is 30.0 Å². The Bertz CT molecular complexity index is 616. The van der Waals surface area contributed by atoms with Gasteiger partial charge in [0.25, 0.3) is 0 Å². The number of aryl methyl sites for hydroxylation is 1. The molecular formula is C18H27N3. The molecule has 2 N–H and O–H groups in total. The molecule has 114 valence electrons. The Morgan fingerprint density at radius 2 is 2.10 bits per heavy atom. The van der Waals surface area contributed by atoms with Gasteiger partial charge in [-0.2, -0.15) is 5.10 Å². The van der Waals surface area contributed by atoms with Crippen LogP contribution >= 0.6 is 0 Å². The number of aromatic nitrogens is 2. The van der Waals surface area contributed by atoms with E-state index in [1.54, 1.807) is 0 Å². The third kappa shape index (κ3) is 2.98. The zero-order valence-corrected chi connectivity index (χ0v) is 13.3. The lowest BCUT2D eigenvalue weighted by Crippen LogP contribution is -2.41. The molecule has 1 saturated carbocycles. The standard InChI is InChI=1S/C18H27N3/c1-3-21-17-9-5-4-8-15(17)16(20-21)13-18(19)11-6-7-14(2)10-12-18/h4-5,8-9,14H,3,6-7,10-13,19H2,1-2H3. The monoisotopic (exact) mass is 285 g/mol. The molecule has 0 bridgehead atoms. The van der Waals surface area contributed by atoms with Crippen LogP contribution in [0, 0.1) is 5.92 Å². The van der Waals surface area contributed by atoms with Crippen LogP contribution in [0.15, 0.2) is 24.3 Å². The van der Waals surface area contributed by atoms with Crippen LogP contribution in [0.2, 0.25) is 0 Å². The summed E-state index contributed by atoms with van der Waals surface area (Å²) < 4.78 is 2.10. The van der Waals surface area contributed by atoms with E-state index in [0.717, 1.165) is 31.7 Å². The fourth-order valence-electron chi connectivity index (χ4n) is 3.68. The molecule has 2 unspecified atom stereocenters. The maximum absolute atomic E-state index is 6.75. The number of nitrogens with two attached hydrogens (primary N) is 1. The third-order valence-corrected chi connectivity index (χ3v) is 5.06. The second-order valence-corrected chi connectivity index (χ2v) is 6.85. The van der Waals surface area contributed by atoms with Gasteiger partial charge in [-0.1, -0.05) is 38.0 Å². The van der Waals surface area contributed by atoms with E-state index in [4.69, 9.17) is 10.8 Å². The SMILES string of the molecule is CCn1nc(CC2(N)CCCC(C)CC2)c2ccccc21. The number of nitrogens with zero attached hydrogens (tertiary/aromatic N) is 2. The smallest absolute Gasteiger partial charge is 0.0721 e. The van der Waals surface area contributed by atoms with Crippen molar-refractivity contribution in [2.24, 2.45) is 11.7 Å². The van der Waals surface area contributed by atoms with Gasteiger partial charge in [-0.05, 0) is 38.2 Å². The minimum Gasteiger partial charge on any atom is -0.325 e. The summed E-state index contributed by atoms with van der Waals surface area (Å²) in [6, 6.07) is 8.54. The summed E-state index contributed by atoms with van der Waals surface area (Å²) in [4.78, 5) is 0. The van der Waals surface area contributed by atoms with Crippen molar-refractivity contribution in [1.82, 2.24) is 9.78 Å². The van der Waals surface area contributed by atoms with Crippen LogP contribution < -0.4 is 5.73 Å². The first-order valence-corrected chi connectivity index (χ1v) is 8.34. The molecule has 3 heteroatoms. The van der Waals surface area contributed by atoms with Gasteiger partial charge < -0.3 is 5.73 Å². The maximum Gasteiger partial charge on any atom is 0.0721 e. The first-order valence-electron chi connectivity index (χ1n) is 8.34. The van der Waals surface area contributed by atoms with Crippen LogP contribution in [0.5, 0.6) is 0 Å². The summed E-state index contributed by atoms with van der Waals surface area (Å²) >= 11 is 0. The van der Waals surface area contributed by atoms with Crippen LogP contribution in [0.4, 0.5) is 0 Å². The Morgan fingerprint density at radius 3 is 2.90 bits per heavy atom. The van der Waals surface area contributed by atoms with Gasteiger partial charge in [0.15, 0.2) is 0 Å². The van der Waals surface area contributed by atoms with Crippen LogP contribution in [0.1, 0.15) is 51.6 Å². The lowest BCUT2D eigenvalue weighted by atomic mass is 9.85. The fourth-order valence-corrected chi connectivity index (χ4v) is 3.68. The second kappa shape index (κ2) is 5.80. The Hall–Kier alpha value is -1.35. The van der Waals surface area contributed by atoms with E-state index < -0.39 is 0 Å². The molecule has 21 heavy (non-hydrogen) atoms. The van der Waals surface area contributed by atoms with Gasteiger partial charge >= 0.3 is 0 Å². The average Bonchev–Trinajstić information content (AvgIpc) is 2.74. The number of fused-ring (bicyclic) bond motifs is 1. The lowest BCUT2D eigenvalue weighted by Gasteiger charge is -2.27. The van der Waals surface area contributed by atoms with E-state index in [-0.39, 0.29) is 5.54 Å². The largest absolute Gasteiger partial charge is 0.325 e. The summed E-state index contributed by atoms with van der Waals surface area (Å²) in [5.41, 5.74) is 9.10.